The highest BCUT2D eigenvalue weighted by Crippen LogP contribution is 2.09. The van der Waals surface area contributed by atoms with Gasteiger partial charge in [0.15, 0.2) is 0 Å². The van der Waals surface area contributed by atoms with Crippen LogP contribution in [0.5, 0.6) is 0 Å². The molecule has 0 radical (unpaired) electrons. The summed E-state index contributed by atoms with van der Waals surface area (Å²) in [7, 11) is -6.76. The summed E-state index contributed by atoms with van der Waals surface area (Å²) in [6.07, 6.45) is 2.48. The minimum absolute atomic E-state index is 0.00847. The van der Waals surface area contributed by atoms with Crippen molar-refractivity contribution in [3.05, 3.63) is 18.3 Å². The van der Waals surface area contributed by atoms with Crippen LogP contribution in [-0.4, -0.2) is 40.4 Å². The fourth-order valence-electron chi connectivity index (χ4n) is 1.25. The molecule has 4 N–H and O–H groups in total. The SMILES string of the molecule is CS(=O)(=O)CCCNS(=O)(=O)c1ccc(NN)nc1. The molecule has 0 unspecified atom stereocenters. The number of hydrogen-bond acceptors (Lipinski definition) is 7. The molecule has 1 heterocycles. The van der Waals surface area contributed by atoms with Gasteiger partial charge in [0.05, 0.1) is 5.75 Å². The van der Waals surface area contributed by atoms with Crippen LogP contribution in [0.15, 0.2) is 23.2 Å². The maximum absolute atomic E-state index is 11.8. The minimum Gasteiger partial charge on any atom is -0.308 e. The molecule has 8 nitrogen and oxygen atoms in total. The summed E-state index contributed by atoms with van der Waals surface area (Å²) in [6.45, 7) is 0.0479. The third-order valence-electron chi connectivity index (χ3n) is 2.18. The predicted molar refractivity (Wildman–Crippen MR) is 71.6 cm³/mol. The third kappa shape index (κ3) is 5.51. The lowest BCUT2D eigenvalue weighted by Gasteiger charge is -2.06. The number of pyridine rings is 1. The Morgan fingerprint density at radius 1 is 1.26 bits per heavy atom. The topological polar surface area (TPSA) is 131 Å². The molecule has 10 heteroatoms. The van der Waals surface area contributed by atoms with E-state index in [2.05, 4.69) is 15.1 Å². The van der Waals surface area contributed by atoms with Crippen LogP contribution in [0.2, 0.25) is 0 Å². The first-order valence-electron chi connectivity index (χ1n) is 5.35. The number of rotatable bonds is 7. The van der Waals surface area contributed by atoms with E-state index in [-0.39, 0.29) is 23.6 Å². The van der Waals surface area contributed by atoms with E-state index in [4.69, 9.17) is 5.84 Å². The second-order valence-corrected chi connectivity index (χ2v) is 7.93. The van der Waals surface area contributed by atoms with Crippen LogP contribution >= 0.6 is 0 Å². The smallest absolute Gasteiger partial charge is 0.242 e. The van der Waals surface area contributed by atoms with Crippen LogP contribution in [0, 0.1) is 0 Å². The molecule has 1 aromatic heterocycles. The van der Waals surface area contributed by atoms with E-state index in [1.54, 1.807) is 0 Å². The van der Waals surface area contributed by atoms with Crippen LogP contribution < -0.4 is 16.0 Å². The van der Waals surface area contributed by atoms with Gasteiger partial charge in [-0.15, -0.1) is 0 Å². The summed E-state index contributed by atoms with van der Waals surface area (Å²) in [4.78, 5) is 3.77. The molecule has 0 aliphatic rings. The summed E-state index contributed by atoms with van der Waals surface area (Å²) >= 11 is 0. The first-order valence-corrected chi connectivity index (χ1v) is 8.89. The van der Waals surface area contributed by atoms with Gasteiger partial charge >= 0.3 is 0 Å². The number of aromatic nitrogens is 1. The van der Waals surface area contributed by atoms with Gasteiger partial charge in [-0.25, -0.2) is 32.4 Å². The second kappa shape index (κ2) is 6.28. The lowest BCUT2D eigenvalue weighted by Crippen LogP contribution is -2.26. The Kier molecular flexibility index (Phi) is 5.23. The van der Waals surface area contributed by atoms with Gasteiger partial charge in [-0.05, 0) is 18.6 Å². The zero-order valence-electron chi connectivity index (χ0n) is 10.3. The van der Waals surface area contributed by atoms with Gasteiger partial charge in [0.25, 0.3) is 0 Å². The quantitative estimate of drug-likeness (QED) is 0.337. The van der Waals surface area contributed by atoms with Crippen molar-refractivity contribution in [1.29, 1.82) is 0 Å². The number of anilines is 1. The Hall–Kier alpha value is -1.23. The monoisotopic (exact) mass is 308 g/mol. The first-order chi connectivity index (χ1) is 8.74. The van der Waals surface area contributed by atoms with Crippen molar-refractivity contribution in [3.8, 4) is 0 Å². The number of sulfonamides is 1. The zero-order valence-corrected chi connectivity index (χ0v) is 12.0. The molecule has 0 saturated carbocycles. The van der Waals surface area contributed by atoms with Crippen molar-refractivity contribution in [2.24, 2.45) is 5.84 Å². The van der Waals surface area contributed by atoms with Crippen LogP contribution in [-0.2, 0) is 19.9 Å². The molecule has 19 heavy (non-hydrogen) atoms. The lowest BCUT2D eigenvalue weighted by molar-refractivity contribution is 0.577. The van der Waals surface area contributed by atoms with Crippen molar-refractivity contribution < 1.29 is 16.8 Å². The van der Waals surface area contributed by atoms with Gasteiger partial charge in [0.2, 0.25) is 10.0 Å². The Morgan fingerprint density at radius 3 is 2.42 bits per heavy atom. The average molecular weight is 308 g/mol. The van der Waals surface area contributed by atoms with Gasteiger partial charge in [-0.2, -0.15) is 0 Å². The van der Waals surface area contributed by atoms with Gasteiger partial charge in [-0.1, -0.05) is 0 Å². The van der Waals surface area contributed by atoms with Gasteiger partial charge in [0, 0.05) is 19.0 Å². The number of nitrogens with one attached hydrogen (secondary N) is 2. The van der Waals surface area contributed by atoms with Crippen LogP contribution in [0.25, 0.3) is 0 Å². The van der Waals surface area contributed by atoms with Crippen molar-refractivity contribution in [3.63, 3.8) is 0 Å². The maximum Gasteiger partial charge on any atom is 0.242 e. The normalized spacial score (nSPS) is 12.3. The molecule has 0 aliphatic heterocycles. The number of hydrogen-bond donors (Lipinski definition) is 3. The largest absolute Gasteiger partial charge is 0.308 e. The summed E-state index contributed by atoms with van der Waals surface area (Å²) < 4.78 is 47.7. The van der Waals surface area contributed by atoms with Crippen molar-refractivity contribution in [2.45, 2.75) is 11.3 Å². The number of nitrogen functional groups attached to an aromatic ring is 1. The molecule has 1 aromatic rings. The molecule has 1 rings (SSSR count). The molecule has 0 aromatic carbocycles. The fraction of sp³-hybridized carbons (Fsp3) is 0.444. The number of hydrazine groups is 1. The van der Waals surface area contributed by atoms with E-state index in [0.717, 1.165) is 12.5 Å². The predicted octanol–water partition coefficient (Wildman–Crippen LogP) is -0.920. The summed E-state index contributed by atoms with van der Waals surface area (Å²) in [6, 6.07) is 2.77. The second-order valence-electron chi connectivity index (χ2n) is 3.90. The van der Waals surface area contributed by atoms with Gasteiger partial charge < -0.3 is 5.43 Å². The van der Waals surface area contributed by atoms with E-state index in [1.807, 2.05) is 0 Å². The van der Waals surface area contributed by atoms with Crippen LogP contribution in [0.1, 0.15) is 6.42 Å². The number of nitrogens with zero attached hydrogens (tertiary/aromatic N) is 1. The summed E-state index contributed by atoms with van der Waals surface area (Å²) in [5, 5.41) is 0. The molecule has 0 fully saturated rings. The standard InChI is InChI=1S/C9H16N4O4S2/c1-18(14,15)6-2-5-12-19(16,17)8-3-4-9(13-10)11-7-8/h3-4,7,12H,2,5-6,10H2,1H3,(H,11,13). The molecule has 0 bridgehead atoms. The zero-order chi connectivity index (χ0) is 14.5. The molecule has 0 aliphatic carbocycles. The molecule has 0 amide bonds. The Labute approximate surface area is 112 Å². The molecule has 0 saturated heterocycles. The lowest BCUT2D eigenvalue weighted by atomic mass is 10.5. The van der Waals surface area contributed by atoms with Crippen LogP contribution in [0.4, 0.5) is 5.82 Å². The van der Waals surface area contributed by atoms with Gasteiger partial charge in [-0.3, -0.25) is 0 Å². The molecule has 0 atom stereocenters. The third-order valence-corrected chi connectivity index (χ3v) is 4.66. The van der Waals surface area contributed by atoms with E-state index in [9.17, 15) is 16.8 Å². The molecular weight excluding hydrogens is 292 g/mol. The maximum atomic E-state index is 11.8. The highest BCUT2D eigenvalue weighted by atomic mass is 32.2. The molecular formula is C9H16N4O4S2. The fourth-order valence-corrected chi connectivity index (χ4v) is 2.94. The molecule has 0 spiro atoms. The summed E-state index contributed by atoms with van der Waals surface area (Å²) in [5.74, 6) is 5.39. The highest BCUT2D eigenvalue weighted by Gasteiger charge is 2.14. The first kappa shape index (κ1) is 15.8. The Balaban J connectivity index is 2.60. The minimum atomic E-state index is -3.68. The number of sulfone groups is 1. The van der Waals surface area contributed by atoms with E-state index in [1.165, 1.54) is 12.1 Å². The van der Waals surface area contributed by atoms with Crippen molar-refractivity contribution in [1.82, 2.24) is 9.71 Å². The average Bonchev–Trinajstić information content (AvgIpc) is 2.34. The van der Waals surface area contributed by atoms with E-state index in [0.29, 0.717) is 5.82 Å². The van der Waals surface area contributed by atoms with Gasteiger partial charge in [0.1, 0.15) is 20.6 Å². The number of nitrogens with two attached hydrogens (primary N) is 1. The van der Waals surface area contributed by atoms with Crippen LogP contribution in [0.3, 0.4) is 0 Å². The van der Waals surface area contributed by atoms with Crippen molar-refractivity contribution >= 4 is 25.7 Å². The van der Waals surface area contributed by atoms with E-state index < -0.39 is 19.9 Å². The van der Waals surface area contributed by atoms with E-state index >= 15 is 0 Å². The molecule has 108 valence electrons. The Bertz CT molecular complexity index is 610. The van der Waals surface area contributed by atoms with Crippen molar-refractivity contribution in [2.75, 3.05) is 24.0 Å². The Morgan fingerprint density at radius 2 is 1.95 bits per heavy atom. The summed E-state index contributed by atoms with van der Waals surface area (Å²) in [5.41, 5.74) is 2.28. The highest BCUT2D eigenvalue weighted by molar-refractivity contribution is 7.90.